The minimum atomic E-state index is -0.815. The molecule has 8 heteroatoms. The zero-order chi connectivity index (χ0) is 19.1. The summed E-state index contributed by atoms with van der Waals surface area (Å²) in [6, 6.07) is 0.300. The Balaban J connectivity index is 1.66. The van der Waals surface area contributed by atoms with Gasteiger partial charge in [-0.3, -0.25) is 14.5 Å². The Morgan fingerprint density at radius 2 is 1.85 bits per heavy atom. The second-order valence-electron chi connectivity index (χ2n) is 7.17. The number of carboxylic acids is 1. The van der Waals surface area contributed by atoms with E-state index in [0.29, 0.717) is 38.6 Å². The van der Waals surface area contributed by atoms with Gasteiger partial charge in [0.1, 0.15) is 0 Å². The fraction of sp³-hybridized carbons (Fsp3) is 0.833. The van der Waals surface area contributed by atoms with Crippen LogP contribution in [0.3, 0.4) is 0 Å². The molecule has 0 radical (unpaired) electrons. The average molecular weight is 369 g/mol. The number of carboxylic acid groups (broad SMARTS) is 1. The molecule has 148 valence electrons. The van der Waals surface area contributed by atoms with Gasteiger partial charge in [-0.25, -0.2) is 4.79 Å². The van der Waals surface area contributed by atoms with Crippen molar-refractivity contribution in [2.24, 2.45) is 5.92 Å². The van der Waals surface area contributed by atoms with Crippen LogP contribution in [0, 0.1) is 5.92 Å². The molecule has 0 aromatic carbocycles. The molecule has 1 saturated heterocycles. The maximum Gasteiger partial charge on any atom is 0.317 e. The topological polar surface area (TPSA) is 99.2 Å². The van der Waals surface area contributed by atoms with E-state index in [-0.39, 0.29) is 30.6 Å². The maximum atomic E-state index is 12.4. The molecule has 2 fully saturated rings. The lowest BCUT2D eigenvalue weighted by atomic mass is 9.85. The number of piperidine rings is 1. The van der Waals surface area contributed by atoms with E-state index in [0.717, 1.165) is 25.7 Å². The molecule has 0 unspecified atom stereocenters. The van der Waals surface area contributed by atoms with Crippen molar-refractivity contribution < 1.29 is 24.2 Å². The minimum Gasteiger partial charge on any atom is -0.480 e. The molecular weight excluding hydrogens is 338 g/mol. The Labute approximate surface area is 154 Å². The lowest BCUT2D eigenvalue weighted by Crippen LogP contribution is -2.57. The Hall–Kier alpha value is -1.83. The number of rotatable bonds is 8. The molecule has 8 nitrogen and oxygen atoms in total. The molecule has 2 amide bonds. The van der Waals surface area contributed by atoms with Crippen molar-refractivity contribution in [1.29, 1.82) is 0 Å². The maximum absolute atomic E-state index is 12.4. The molecule has 2 N–H and O–H groups in total. The van der Waals surface area contributed by atoms with Gasteiger partial charge in [0.05, 0.1) is 13.2 Å². The largest absolute Gasteiger partial charge is 0.480 e. The zero-order valence-corrected chi connectivity index (χ0v) is 15.8. The van der Waals surface area contributed by atoms with E-state index in [4.69, 9.17) is 9.84 Å². The number of amides is 2. The molecular formula is C18H31N3O5. The summed E-state index contributed by atoms with van der Waals surface area (Å²) in [5.74, 6) is -0.678. The molecule has 2 rings (SSSR count). The van der Waals surface area contributed by atoms with E-state index < -0.39 is 5.97 Å². The molecule has 0 spiro atoms. The standard InChI is InChI=1S/C18H31N3O5/c1-3-20(12-16(22)23)15-10-14(11-15)19-18(25)21-7-5-13(6-8-21)9-17(24)26-4-2/h13-15H,3-12H2,1-2H3,(H,19,25)(H,22,23). The molecule has 0 aromatic rings. The highest BCUT2D eigenvalue weighted by Gasteiger charge is 2.35. The van der Waals surface area contributed by atoms with Crippen LogP contribution in [0.5, 0.6) is 0 Å². The number of esters is 1. The third kappa shape index (κ3) is 5.86. The number of hydrogen-bond acceptors (Lipinski definition) is 5. The highest BCUT2D eigenvalue weighted by molar-refractivity contribution is 5.75. The van der Waals surface area contributed by atoms with E-state index in [2.05, 4.69) is 5.32 Å². The van der Waals surface area contributed by atoms with Gasteiger partial charge in [-0.15, -0.1) is 0 Å². The number of carbonyl (C=O) groups excluding carboxylic acids is 2. The van der Waals surface area contributed by atoms with Crippen LogP contribution in [0.1, 0.15) is 46.0 Å². The molecule has 1 saturated carbocycles. The molecule has 0 aromatic heterocycles. The summed E-state index contributed by atoms with van der Waals surface area (Å²) in [5, 5.41) is 12.0. The third-order valence-electron chi connectivity index (χ3n) is 5.36. The average Bonchev–Trinajstić information content (AvgIpc) is 2.56. The quantitative estimate of drug-likeness (QED) is 0.626. The van der Waals surface area contributed by atoms with Crippen molar-refractivity contribution in [3.8, 4) is 0 Å². The van der Waals surface area contributed by atoms with Gasteiger partial charge in [0.15, 0.2) is 0 Å². The molecule has 1 aliphatic heterocycles. The second kappa shape index (κ2) is 9.75. The number of nitrogens with one attached hydrogen (secondary N) is 1. The normalized spacial score (nSPS) is 23.4. The molecule has 2 aliphatic rings. The van der Waals surface area contributed by atoms with Gasteiger partial charge in [-0.05, 0) is 45.1 Å². The zero-order valence-electron chi connectivity index (χ0n) is 15.8. The first-order valence-corrected chi connectivity index (χ1v) is 9.59. The van der Waals surface area contributed by atoms with Crippen molar-refractivity contribution >= 4 is 18.0 Å². The van der Waals surface area contributed by atoms with Crippen LogP contribution in [0.25, 0.3) is 0 Å². The number of likely N-dealkylation sites (N-methyl/N-ethyl adjacent to an activating group) is 1. The number of carbonyl (C=O) groups is 3. The van der Waals surface area contributed by atoms with Crippen molar-refractivity contribution in [2.45, 2.75) is 58.0 Å². The van der Waals surface area contributed by atoms with E-state index >= 15 is 0 Å². The summed E-state index contributed by atoms with van der Waals surface area (Å²) in [6.07, 6.45) is 3.67. The summed E-state index contributed by atoms with van der Waals surface area (Å²) in [7, 11) is 0. The van der Waals surface area contributed by atoms with E-state index in [9.17, 15) is 14.4 Å². The lowest BCUT2D eigenvalue weighted by Gasteiger charge is -2.43. The molecule has 1 heterocycles. The van der Waals surface area contributed by atoms with Crippen LogP contribution >= 0.6 is 0 Å². The SMILES string of the molecule is CCOC(=O)CC1CCN(C(=O)NC2CC(N(CC)CC(=O)O)C2)CC1. The summed E-state index contributed by atoms with van der Waals surface area (Å²) >= 11 is 0. The van der Waals surface area contributed by atoms with Crippen molar-refractivity contribution in [3.63, 3.8) is 0 Å². The second-order valence-corrected chi connectivity index (χ2v) is 7.17. The van der Waals surface area contributed by atoms with Crippen LogP contribution < -0.4 is 5.32 Å². The number of hydrogen-bond donors (Lipinski definition) is 2. The van der Waals surface area contributed by atoms with Gasteiger partial charge in [0.25, 0.3) is 0 Å². The number of urea groups is 1. The van der Waals surface area contributed by atoms with Gasteiger partial charge < -0.3 is 20.1 Å². The Morgan fingerprint density at radius 1 is 1.19 bits per heavy atom. The van der Waals surface area contributed by atoms with Crippen LogP contribution in [-0.2, 0) is 14.3 Å². The lowest BCUT2D eigenvalue weighted by molar-refractivity contribution is -0.144. The number of likely N-dealkylation sites (tertiary alicyclic amines) is 1. The van der Waals surface area contributed by atoms with Crippen LogP contribution in [0.4, 0.5) is 4.79 Å². The van der Waals surface area contributed by atoms with Gasteiger partial charge in [-0.2, -0.15) is 0 Å². The third-order valence-corrected chi connectivity index (χ3v) is 5.36. The molecule has 1 aliphatic carbocycles. The van der Waals surface area contributed by atoms with Gasteiger partial charge in [-0.1, -0.05) is 6.92 Å². The van der Waals surface area contributed by atoms with Gasteiger partial charge in [0, 0.05) is 31.6 Å². The fourth-order valence-electron chi connectivity index (χ4n) is 3.74. The van der Waals surface area contributed by atoms with E-state index in [1.165, 1.54) is 0 Å². The highest BCUT2D eigenvalue weighted by atomic mass is 16.5. The molecule has 26 heavy (non-hydrogen) atoms. The number of aliphatic carboxylic acids is 1. The Morgan fingerprint density at radius 3 is 2.38 bits per heavy atom. The predicted octanol–water partition coefficient (Wildman–Crippen LogP) is 1.30. The van der Waals surface area contributed by atoms with Crippen LogP contribution in [0.2, 0.25) is 0 Å². The van der Waals surface area contributed by atoms with E-state index in [1.807, 2.05) is 16.7 Å². The first kappa shape index (κ1) is 20.5. The fourth-order valence-corrected chi connectivity index (χ4v) is 3.74. The molecule has 0 bridgehead atoms. The Kier molecular flexibility index (Phi) is 7.68. The van der Waals surface area contributed by atoms with Gasteiger partial charge >= 0.3 is 18.0 Å². The predicted molar refractivity (Wildman–Crippen MR) is 95.8 cm³/mol. The van der Waals surface area contributed by atoms with Crippen LogP contribution in [-0.4, -0.2) is 77.7 Å². The Bertz CT molecular complexity index is 499. The van der Waals surface area contributed by atoms with E-state index in [1.54, 1.807) is 6.92 Å². The summed E-state index contributed by atoms with van der Waals surface area (Å²) in [5.41, 5.74) is 0. The smallest absolute Gasteiger partial charge is 0.317 e. The highest BCUT2D eigenvalue weighted by Crippen LogP contribution is 2.26. The first-order chi connectivity index (χ1) is 12.4. The summed E-state index contributed by atoms with van der Waals surface area (Å²) < 4.78 is 4.98. The number of nitrogens with zero attached hydrogens (tertiary/aromatic N) is 2. The monoisotopic (exact) mass is 369 g/mol. The first-order valence-electron chi connectivity index (χ1n) is 9.59. The van der Waals surface area contributed by atoms with Crippen molar-refractivity contribution in [3.05, 3.63) is 0 Å². The summed E-state index contributed by atoms with van der Waals surface area (Å²) in [4.78, 5) is 38.5. The van der Waals surface area contributed by atoms with Crippen molar-refractivity contribution in [1.82, 2.24) is 15.1 Å². The number of ether oxygens (including phenoxy) is 1. The summed E-state index contributed by atoms with van der Waals surface area (Å²) in [6.45, 7) is 6.23. The van der Waals surface area contributed by atoms with Gasteiger partial charge in [0.2, 0.25) is 0 Å². The van der Waals surface area contributed by atoms with Crippen molar-refractivity contribution in [2.75, 3.05) is 32.8 Å². The minimum absolute atomic E-state index is 0.0514. The van der Waals surface area contributed by atoms with Crippen LogP contribution in [0.15, 0.2) is 0 Å². The molecule has 0 atom stereocenters.